The Hall–Kier alpha value is -2.63. The molecule has 1 aromatic carbocycles. The molecule has 3 rings (SSSR count). The molecule has 0 aliphatic heterocycles. The van der Waals surface area contributed by atoms with Crippen molar-refractivity contribution in [3.05, 3.63) is 53.4 Å². The molecule has 0 fully saturated rings. The van der Waals surface area contributed by atoms with Gasteiger partial charge in [-0.05, 0) is 35.7 Å². The first-order valence-corrected chi connectivity index (χ1v) is 9.58. The fourth-order valence-electron chi connectivity index (χ4n) is 1.86. The predicted octanol–water partition coefficient (Wildman–Crippen LogP) is 1.96. The van der Waals surface area contributed by atoms with Crippen molar-refractivity contribution in [3.63, 3.8) is 0 Å². The van der Waals surface area contributed by atoms with Crippen LogP contribution in [0, 0.1) is 5.82 Å². The number of halogens is 1. The van der Waals surface area contributed by atoms with Crippen LogP contribution in [0.1, 0.15) is 5.82 Å². The lowest BCUT2D eigenvalue weighted by molar-refractivity contribution is -0.143. The summed E-state index contributed by atoms with van der Waals surface area (Å²) in [5.74, 6) is -0.945. The zero-order valence-corrected chi connectivity index (χ0v) is 14.7. The topological polar surface area (TPSA) is 111 Å². The molecule has 26 heavy (non-hydrogen) atoms. The molecule has 1 N–H and O–H groups in total. The molecule has 0 aliphatic carbocycles. The normalized spacial score (nSPS) is 11.4. The minimum absolute atomic E-state index is 0.0961. The molecule has 0 spiro atoms. The first kappa shape index (κ1) is 18.2. The van der Waals surface area contributed by atoms with Gasteiger partial charge in [-0.2, -0.15) is 9.71 Å². The highest BCUT2D eigenvalue weighted by atomic mass is 32.2. The van der Waals surface area contributed by atoms with Gasteiger partial charge >= 0.3 is 5.97 Å². The zero-order chi connectivity index (χ0) is 18.6. The summed E-state index contributed by atoms with van der Waals surface area (Å²) in [7, 11) is -3.74. The number of nitrogens with zero attached hydrogens (tertiary/aromatic N) is 2. The van der Waals surface area contributed by atoms with E-state index in [4.69, 9.17) is 9.26 Å². The second kappa shape index (κ2) is 7.72. The number of esters is 1. The quantitative estimate of drug-likeness (QED) is 0.607. The van der Waals surface area contributed by atoms with Crippen molar-refractivity contribution in [3.8, 4) is 11.5 Å². The monoisotopic (exact) mass is 397 g/mol. The van der Waals surface area contributed by atoms with Gasteiger partial charge in [0.2, 0.25) is 5.82 Å². The third kappa shape index (κ3) is 4.50. The predicted molar refractivity (Wildman–Crippen MR) is 89.0 cm³/mol. The molecule has 0 aliphatic rings. The molecule has 0 bridgehead atoms. The number of sulfonamides is 1. The minimum atomic E-state index is -3.74. The molecule has 8 nitrogen and oxygen atoms in total. The van der Waals surface area contributed by atoms with E-state index in [9.17, 15) is 17.6 Å². The zero-order valence-electron chi connectivity index (χ0n) is 13.1. The lowest BCUT2D eigenvalue weighted by Gasteiger charge is -2.04. The smallest absolute Gasteiger partial charge is 0.321 e. The van der Waals surface area contributed by atoms with E-state index in [0.29, 0.717) is 5.56 Å². The molecule has 0 unspecified atom stereocenters. The van der Waals surface area contributed by atoms with Gasteiger partial charge < -0.3 is 9.26 Å². The molecule has 0 radical (unpaired) electrons. The molecule has 11 heteroatoms. The van der Waals surface area contributed by atoms with Crippen LogP contribution < -0.4 is 4.72 Å². The van der Waals surface area contributed by atoms with Crippen molar-refractivity contribution in [2.75, 3.05) is 6.54 Å². The first-order valence-electron chi connectivity index (χ1n) is 7.21. The Bertz CT molecular complexity index is 985. The van der Waals surface area contributed by atoms with Gasteiger partial charge in [-0.1, -0.05) is 11.2 Å². The van der Waals surface area contributed by atoms with Crippen molar-refractivity contribution in [2.24, 2.45) is 0 Å². The fourth-order valence-corrected chi connectivity index (χ4v) is 3.87. The van der Waals surface area contributed by atoms with Crippen molar-refractivity contribution in [1.29, 1.82) is 0 Å². The highest BCUT2D eigenvalue weighted by Crippen LogP contribution is 2.17. The maximum Gasteiger partial charge on any atom is 0.321 e. The van der Waals surface area contributed by atoms with Crippen LogP contribution in [0.2, 0.25) is 0 Å². The number of hydrogen-bond acceptors (Lipinski definition) is 8. The molecule has 2 aromatic heterocycles. The van der Waals surface area contributed by atoms with Gasteiger partial charge in [-0.25, -0.2) is 12.8 Å². The van der Waals surface area contributed by atoms with Gasteiger partial charge in [-0.15, -0.1) is 11.3 Å². The van der Waals surface area contributed by atoms with Crippen LogP contribution in [0.4, 0.5) is 4.39 Å². The van der Waals surface area contributed by atoms with Crippen LogP contribution in [0.5, 0.6) is 0 Å². The van der Waals surface area contributed by atoms with Gasteiger partial charge in [0.25, 0.3) is 15.9 Å². The van der Waals surface area contributed by atoms with E-state index in [-0.39, 0.29) is 22.5 Å². The summed E-state index contributed by atoms with van der Waals surface area (Å²) in [5.41, 5.74) is 0.514. The van der Waals surface area contributed by atoms with E-state index < -0.39 is 28.4 Å². The highest BCUT2D eigenvalue weighted by molar-refractivity contribution is 7.91. The van der Waals surface area contributed by atoms with Gasteiger partial charge in [0.1, 0.15) is 16.6 Å². The van der Waals surface area contributed by atoms with E-state index in [1.54, 1.807) is 11.4 Å². The van der Waals surface area contributed by atoms with E-state index in [1.165, 1.54) is 30.3 Å². The molecular formula is C15H12FN3O5S2. The summed E-state index contributed by atoms with van der Waals surface area (Å²) in [6, 6.07) is 8.45. The van der Waals surface area contributed by atoms with Crippen LogP contribution in [0.25, 0.3) is 11.5 Å². The summed E-state index contributed by atoms with van der Waals surface area (Å²) >= 11 is 1.03. The number of ether oxygens (including phenoxy) is 1. The van der Waals surface area contributed by atoms with Crippen molar-refractivity contribution < 1.29 is 26.9 Å². The summed E-state index contributed by atoms with van der Waals surface area (Å²) in [6.45, 7) is -0.812. The van der Waals surface area contributed by atoms with Gasteiger partial charge in [0.05, 0.1) is 0 Å². The molecule has 0 saturated carbocycles. The Kier molecular flexibility index (Phi) is 5.40. The molecule has 0 amide bonds. The Balaban J connectivity index is 1.51. The van der Waals surface area contributed by atoms with E-state index in [1.807, 2.05) is 0 Å². The Morgan fingerprint density at radius 2 is 2.04 bits per heavy atom. The van der Waals surface area contributed by atoms with Crippen molar-refractivity contribution in [2.45, 2.75) is 10.8 Å². The van der Waals surface area contributed by atoms with Crippen LogP contribution in [0.15, 0.2) is 50.5 Å². The van der Waals surface area contributed by atoms with Gasteiger partial charge in [-0.3, -0.25) is 4.79 Å². The average molecular weight is 397 g/mol. The lowest BCUT2D eigenvalue weighted by atomic mass is 10.2. The number of thiophene rings is 1. The number of carbonyl (C=O) groups excluding carboxylic acids is 1. The first-order chi connectivity index (χ1) is 12.4. The molecule has 2 heterocycles. The van der Waals surface area contributed by atoms with Crippen LogP contribution in [-0.2, 0) is 26.2 Å². The number of benzene rings is 1. The lowest BCUT2D eigenvalue weighted by Crippen LogP contribution is -2.30. The van der Waals surface area contributed by atoms with E-state index in [2.05, 4.69) is 14.9 Å². The fraction of sp³-hybridized carbons (Fsp3) is 0.133. The number of rotatable bonds is 7. The number of nitrogens with one attached hydrogen (secondary N) is 1. The SMILES string of the molecule is O=C(CNS(=O)(=O)c1cccs1)OCc1noc(-c2ccc(F)cc2)n1. The maximum absolute atomic E-state index is 12.9. The van der Waals surface area contributed by atoms with E-state index in [0.717, 1.165) is 11.3 Å². The third-order valence-electron chi connectivity index (χ3n) is 3.09. The summed E-state index contributed by atoms with van der Waals surface area (Å²) in [6.07, 6.45) is 0. The summed E-state index contributed by atoms with van der Waals surface area (Å²) in [4.78, 5) is 15.7. The van der Waals surface area contributed by atoms with Crippen molar-refractivity contribution in [1.82, 2.24) is 14.9 Å². The van der Waals surface area contributed by atoms with Crippen LogP contribution in [0.3, 0.4) is 0 Å². The summed E-state index contributed by atoms with van der Waals surface area (Å²) in [5, 5.41) is 5.26. The number of hydrogen-bond donors (Lipinski definition) is 1. The largest absolute Gasteiger partial charge is 0.456 e. The Labute approximate surface area is 151 Å². The highest BCUT2D eigenvalue weighted by Gasteiger charge is 2.17. The number of aromatic nitrogens is 2. The van der Waals surface area contributed by atoms with E-state index >= 15 is 0 Å². The molecule has 3 aromatic rings. The summed E-state index contributed by atoms with van der Waals surface area (Å²) < 4.78 is 48.8. The Morgan fingerprint density at radius 1 is 1.27 bits per heavy atom. The molecule has 0 saturated heterocycles. The second-order valence-corrected chi connectivity index (χ2v) is 7.88. The van der Waals surface area contributed by atoms with Crippen LogP contribution >= 0.6 is 11.3 Å². The third-order valence-corrected chi connectivity index (χ3v) is 5.89. The minimum Gasteiger partial charge on any atom is -0.456 e. The van der Waals surface area contributed by atoms with Crippen LogP contribution in [-0.4, -0.2) is 31.1 Å². The molecule has 0 atom stereocenters. The molecular weight excluding hydrogens is 385 g/mol. The van der Waals surface area contributed by atoms with Crippen molar-refractivity contribution >= 4 is 27.3 Å². The standard InChI is InChI=1S/C15H12FN3O5S2/c16-11-5-3-10(4-6-11)15-18-12(19-24-15)9-23-13(20)8-17-26(21,22)14-2-1-7-25-14/h1-7,17H,8-9H2. The average Bonchev–Trinajstić information content (AvgIpc) is 3.31. The second-order valence-electron chi connectivity index (χ2n) is 4.94. The van der Waals surface area contributed by atoms with Gasteiger partial charge in [0, 0.05) is 5.56 Å². The molecule has 136 valence electrons. The maximum atomic E-state index is 12.9. The Morgan fingerprint density at radius 3 is 2.73 bits per heavy atom. The van der Waals surface area contributed by atoms with Gasteiger partial charge in [0.15, 0.2) is 6.61 Å². The number of carbonyl (C=O) groups is 1.